The molecule has 1 aliphatic heterocycles. The minimum atomic E-state index is -0.593. The van der Waals surface area contributed by atoms with Crippen LogP contribution in [0.5, 0.6) is 5.75 Å². The van der Waals surface area contributed by atoms with Crippen LogP contribution < -0.4 is 9.64 Å². The van der Waals surface area contributed by atoms with E-state index < -0.39 is 5.97 Å². The molecule has 1 N–H and O–H groups in total. The number of hydrogen-bond donors (Lipinski definition) is 1. The lowest BCUT2D eigenvalue weighted by Gasteiger charge is -2.20. The van der Waals surface area contributed by atoms with Gasteiger partial charge in [0.05, 0.1) is 24.3 Å². The Balaban J connectivity index is 1.94. The number of aliphatic imine (C=N–C) groups is 1. The smallest absolute Gasteiger partial charge is 0.344 e. The minimum Gasteiger partial charge on any atom is -0.506 e. The molecule has 7 heteroatoms. The lowest BCUT2D eigenvalue weighted by atomic mass is 10.1. The third-order valence-corrected chi connectivity index (χ3v) is 6.01. The number of carbonyl (C=O) groups is 1. The Bertz CT molecular complexity index is 1040. The summed E-state index contributed by atoms with van der Waals surface area (Å²) < 4.78 is 10.3. The fourth-order valence-electron chi connectivity index (χ4n) is 3.29. The molecular weight excluding hydrogens is 424 g/mol. The number of hydrogen-bond acceptors (Lipinski definition) is 7. The molecule has 1 aliphatic rings. The number of nitrogens with zero attached hydrogens (tertiary/aromatic N) is 2. The van der Waals surface area contributed by atoms with E-state index in [1.54, 1.807) is 38.3 Å². The van der Waals surface area contributed by atoms with E-state index in [0.29, 0.717) is 21.4 Å². The van der Waals surface area contributed by atoms with Gasteiger partial charge in [-0.3, -0.25) is 0 Å². The Labute approximate surface area is 193 Å². The molecule has 1 heterocycles. The summed E-state index contributed by atoms with van der Waals surface area (Å²) in [6.07, 6.45) is 1.85. The maximum Gasteiger partial charge on any atom is 0.344 e. The molecule has 6 nitrogen and oxygen atoms in total. The van der Waals surface area contributed by atoms with Crippen molar-refractivity contribution in [1.82, 2.24) is 0 Å². The number of methoxy groups -OCH3 is 1. The first-order valence-electron chi connectivity index (χ1n) is 10.6. The maximum absolute atomic E-state index is 12.6. The van der Waals surface area contributed by atoms with Crippen molar-refractivity contribution in [1.29, 1.82) is 0 Å². The van der Waals surface area contributed by atoms with Crippen LogP contribution in [0.2, 0.25) is 0 Å². The molecular formula is C25H28N2O4S. The fourth-order valence-corrected chi connectivity index (χ4v) is 4.32. The first kappa shape index (κ1) is 23.5. The lowest BCUT2D eigenvalue weighted by Crippen LogP contribution is -2.21. The van der Waals surface area contributed by atoms with Gasteiger partial charge in [0.15, 0.2) is 0 Å². The summed E-state index contributed by atoms with van der Waals surface area (Å²) in [5.74, 6) is 0.00403. The Kier molecular flexibility index (Phi) is 8.00. The maximum atomic E-state index is 12.6. The molecule has 2 aromatic carbocycles. The highest BCUT2D eigenvalue weighted by atomic mass is 32.2. The largest absolute Gasteiger partial charge is 0.506 e. The average molecular weight is 453 g/mol. The average Bonchev–Trinajstić information content (AvgIpc) is 3.11. The van der Waals surface area contributed by atoms with Crippen LogP contribution in [0, 0.1) is 0 Å². The number of ether oxygens (including phenoxy) is 2. The van der Waals surface area contributed by atoms with Gasteiger partial charge >= 0.3 is 5.97 Å². The third kappa shape index (κ3) is 5.34. The van der Waals surface area contributed by atoms with Gasteiger partial charge in [0, 0.05) is 18.8 Å². The highest BCUT2D eigenvalue weighted by Crippen LogP contribution is 2.40. The van der Waals surface area contributed by atoms with Crippen LogP contribution in [-0.4, -0.2) is 42.9 Å². The number of carbonyl (C=O) groups excluding carboxylic acids is 1. The SMILES string of the molecule is CCOC(=O)C1=C(O)/C(=C\c2ccc(N(CC)CC)cc2)SC1=Nc1ccc(OC)cc1. The highest BCUT2D eigenvalue weighted by Gasteiger charge is 2.33. The molecule has 32 heavy (non-hydrogen) atoms. The molecule has 0 aromatic heterocycles. The summed E-state index contributed by atoms with van der Waals surface area (Å²) in [6.45, 7) is 8.05. The molecule has 0 fully saturated rings. The number of benzene rings is 2. The quantitative estimate of drug-likeness (QED) is 0.516. The van der Waals surface area contributed by atoms with E-state index in [0.717, 1.165) is 24.3 Å². The van der Waals surface area contributed by atoms with E-state index in [9.17, 15) is 9.90 Å². The first-order valence-corrected chi connectivity index (χ1v) is 11.4. The van der Waals surface area contributed by atoms with Crippen molar-refractivity contribution in [2.45, 2.75) is 20.8 Å². The van der Waals surface area contributed by atoms with Crippen molar-refractivity contribution in [2.24, 2.45) is 4.99 Å². The molecule has 168 valence electrons. The standard InChI is InChI=1S/C25H28N2O4S/c1-5-27(6-2)19-12-8-17(9-13-19)16-21-23(28)22(25(29)31-7-3)24(32-21)26-18-10-14-20(30-4)15-11-18/h8-16,28H,5-7H2,1-4H3/b21-16+,26-24?. The Morgan fingerprint density at radius 1 is 1.06 bits per heavy atom. The van der Waals surface area contributed by atoms with Crippen LogP contribution in [0.15, 0.2) is 69.8 Å². The van der Waals surface area contributed by atoms with Gasteiger partial charge in [-0.25, -0.2) is 9.79 Å². The zero-order chi connectivity index (χ0) is 23.1. The van der Waals surface area contributed by atoms with E-state index in [1.165, 1.54) is 11.8 Å². The highest BCUT2D eigenvalue weighted by molar-refractivity contribution is 8.18. The van der Waals surface area contributed by atoms with Gasteiger partial charge in [-0.05, 0) is 68.8 Å². The van der Waals surface area contributed by atoms with Crippen molar-refractivity contribution in [3.63, 3.8) is 0 Å². The van der Waals surface area contributed by atoms with Gasteiger partial charge < -0.3 is 19.5 Å². The van der Waals surface area contributed by atoms with Gasteiger partial charge in [0.2, 0.25) is 0 Å². The molecule has 0 unspecified atom stereocenters. The summed E-state index contributed by atoms with van der Waals surface area (Å²) in [4.78, 5) is 19.9. The second kappa shape index (κ2) is 10.9. The third-order valence-electron chi connectivity index (χ3n) is 4.99. The lowest BCUT2D eigenvalue weighted by molar-refractivity contribution is -0.138. The number of anilines is 1. The van der Waals surface area contributed by atoms with Crippen molar-refractivity contribution in [2.75, 3.05) is 31.7 Å². The van der Waals surface area contributed by atoms with Crippen LogP contribution in [0.4, 0.5) is 11.4 Å². The van der Waals surface area contributed by atoms with Gasteiger partial charge in [-0.2, -0.15) is 0 Å². The normalized spacial score (nSPS) is 16.0. The van der Waals surface area contributed by atoms with E-state index >= 15 is 0 Å². The Morgan fingerprint density at radius 3 is 2.28 bits per heavy atom. The number of rotatable bonds is 8. The molecule has 0 radical (unpaired) electrons. The number of esters is 1. The van der Waals surface area contributed by atoms with Gasteiger partial charge in [0.25, 0.3) is 0 Å². The van der Waals surface area contributed by atoms with E-state index in [-0.39, 0.29) is 17.9 Å². The van der Waals surface area contributed by atoms with Crippen LogP contribution in [0.25, 0.3) is 6.08 Å². The van der Waals surface area contributed by atoms with Gasteiger partial charge in [-0.1, -0.05) is 23.9 Å². The second-order valence-electron chi connectivity index (χ2n) is 6.93. The zero-order valence-electron chi connectivity index (χ0n) is 18.8. The Morgan fingerprint density at radius 2 is 1.72 bits per heavy atom. The summed E-state index contributed by atoms with van der Waals surface area (Å²) in [5.41, 5.74) is 2.79. The number of aliphatic hydroxyl groups is 1. The summed E-state index contributed by atoms with van der Waals surface area (Å²) in [5, 5.41) is 11.2. The minimum absolute atomic E-state index is 0.0821. The van der Waals surface area contributed by atoms with Crippen LogP contribution in [-0.2, 0) is 9.53 Å². The molecule has 0 spiro atoms. The molecule has 0 saturated carbocycles. The van der Waals surface area contributed by atoms with Crippen molar-refractivity contribution in [3.05, 3.63) is 70.3 Å². The zero-order valence-corrected chi connectivity index (χ0v) is 19.6. The van der Waals surface area contributed by atoms with Crippen LogP contribution >= 0.6 is 11.8 Å². The van der Waals surface area contributed by atoms with Gasteiger partial charge in [-0.15, -0.1) is 0 Å². The molecule has 0 bridgehead atoms. The summed E-state index contributed by atoms with van der Waals surface area (Å²) in [7, 11) is 1.60. The van der Waals surface area contributed by atoms with Crippen LogP contribution in [0.3, 0.4) is 0 Å². The summed E-state index contributed by atoms with van der Waals surface area (Å²) in [6, 6.07) is 15.3. The van der Waals surface area contributed by atoms with E-state index in [4.69, 9.17) is 9.47 Å². The molecule has 0 atom stereocenters. The van der Waals surface area contributed by atoms with Crippen molar-refractivity contribution >= 4 is 40.2 Å². The predicted octanol–water partition coefficient (Wildman–Crippen LogP) is 5.73. The number of aliphatic hydroxyl groups excluding tert-OH is 1. The van der Waals surface area contributed by atoms with Gasteiger partial charge in [0.1, 0.15) is 22.1 Å². The molecule has 2 aromatic rings. The fraction of sp³-hybridized carbons (Fsp3) is 0.280. The summed E-state index contributed by atoms with van der Waals surface area (Å²) >= 11 is 1.24. The monoisotopic (exact) mass is 452 g/mol. The van der Waals surface area contributed by atoms with Crippen molar-refractivity contribution < 1.29 is 19.4 Å². The number of thioether (sulfide) groups is 1. The second-order valence-corrected chi connectivity index (χ2v) is 7.96. The predicted molar refractivity (Wildman–Crippen MR) is 132 cm³/mol. The van der Waals surface area contributed by atoms with E-state index in [2.05, 4.69) is 35.9 Å². The van der Waals surface area contributed by atoms with Crippen molar-refractivity contribution in [3.8, 4) is 5.75 Å². The topological polar surface area (TPSA) is 71.4 Å². The first-order chi connectivity index (χ1) is 15.5. The van der Waals surface area contributed by atoms with Crippen LogP contribution in [0.1, 0.15) is 26.3 Å². The Hall–Kier alpha value is -3.19. The molecule has 0 saturated heterocycles. The van der Waals surface area contributed by atoms with E-state index in [1.807, 2.05) is 18.2 Å². The molecule has 3 rings (SSSR count). The molecule has 0 aliphatic carbocycles. The molecule has 0 amide bonds.